The first kappa shape index (κ1) is 19.1. The van der Waals surface area contributed by atoms with Crippen molar-refractivity contribution in [2.75, 3.05) is 6.61 Å². The number of halogens is 5. The molecule has 1 saturated carbocycles. The van der Waals surface area contributed by atoms with Crippen LogP contribution in [0.15, 0.2) is 35.8 Å². The van der Waals surface area contributed by atoms with Crippen molar-refractivity contribution in [1.82, 2.24) is 5.32 Å². The van der Waals surface area contributed by atoms with Gasteiger partial charge in [-0.15, -0.1) is 0 Å². The van der Waals surface area contributed by atoms with E-state index in [1.54, 1.807) is 0 Å². The maximum atomic E-state index is 14.0. The van der Waals surface area contributed by atoms with Crippen LogP contribution < -0.4 is 5.32 Å². The Morgan fingerprint density at radius 1 is 1.40 bits per heavy atom. The van der Waals surface area contributed by atoms with Gasteiger partial charge >= 0.3 is 12.1 Å². The lowest BCUT2D eigenvalue weighted by atomic mass is 9.87. The molecule has 2 atom stereocenters. The molecule has 4 nitrogen and oxygen atoms in total. The molecule has 138 valence electrons. The van der Waals surface area contributed by atoms with Crippen LogP contribution in [0.1, 0.15) is 19.8 Å². The Balaban J connectivity index is 2.24. The zero-order chi connectivity index (χ0) is 18.8. The summed E-state index contributed by atoms with van der Waals surface area (Å²) in [7, 11) is 0. The highest BCUT2D eigenvalue weighted by molar-refractivity contribution is 6.19. The summed E-state index contributed by atoms with van der Waals surface area (Å²) < 4.78 is 70.3. The van der Waals surface area contributed by atoms with Crippen molar-refractivity contribution in [3.05, 3.63) is 35.8 Å². The van der Waals surface area contributed by atoms with E-state index in [9.17, 15) is 31.5 Å². The Bertz CT molecular complexity index is 649. The Morgan fingerprint density at radius 3 is 2.52 bits per heavy atom. The summed E-state index contributed by atoms with van der Waals surface area (Å²) in [6.45, 7) is 1.45. The minimum atomic E-state index is -5.36. The van der Waals surface area contributed by atoms with Crippen molar-refractivity contribution >= 4 is 11.8 Å². The molecule has 2 unspecified atom stereocenters. The van der Waals surface area contributed by atoms with Crippen LogP contribution in [-0.2, 0) is 14.3 Å². The molecular weight excluding hydrogens is 349 g/mol. The average molecular weight is 365 g/mol. The van der Waals surface area contributed by atoms with Gasteiger partial charge in [0.25, 0.3) is 0 Å². The Kier molecular flexibility index (Phi) is 5.34. The van der Waals surface area contributed by atoms with Crippen LogP contribution in [0.3, 0.4) is 0 Å². The summed E-state index contributed by atoms with van der Waals surface area (Å²) in [6.07, 6.45) is -2.40. The van der Waals surface area contributed by atoms with E-state index in [4.69, 9.17) is 4.74 Å². The number of carbonyl (C=O) groups is 2. The van der Waals surface area contributed by atoms with Gasteiger partial charge in [0.15, 0.2) is 5.78 Å². The molecule has 2 rings (SSSR count). The summed E-state index contributed by atoms with van der Waals surface area (Å²) in [5.41, 5.74) is -4.53. The van der Waals surface area contributed by atoms with Gasteiger partial charge in [0.1, 0.15) is 11.4 Å². The molecule has 1 N–H and O–H groups in total. The molecule has 0 aliphatic heterocycles. The second kappa shape index (κ2) is 6.97. The van der Waals surface area contributed by atoms with Crippen molar-refractivity contribution in [3.8, 4) is 0 Å². The van der Waals surface area contributed by atoms with Crippen LogP contribution in [0.4, 0.5) is 22.0 Å². The Labute approximate surface area is 140 Å². The number of carbonyl (C=O) groups excluding carboxylic acids is 2. The lowest BCUT2D eigenvalue weighted by Crippen LogP contribution is -2.40. The average Bonchev–Trinajstić information content (AvgIpc) is 3.30. The largest absolute Gasteiger partial charge is 0.462 e. The summed E-state index contributed by atoms with van der Waals surface area (Å²) in [5.74, 6) is -5.58. The zero-order valence-electron chi connectivity index (χ0n) is 13.2. The molecule has 0 radical (unpaired) electrons. The summed E-state index contributed by atoms with van der Waals surface area (Å²) in [6, 6.07) is 0.0724. The van der Waals surface area contributed by atoms with Crippen LogP contribution in [0.2, 0.25) is 0 Å². The van der Waals surface area contributed by atoms with Crippen molar-refractivity contribution in [2.24, 2.45) is 5.92 Å². The normalized spacial score (nSPS) is 26.9. The van der Waals surface area contributed by atoms with Gasteiger partial charge in [-0.1, -0.05) is 6.08 Å². The van der Waals surface area contributed by atoms with E-state index >= 15 is 0 Å². The van der Waals surface area contributed by atoms with E-state index in [0.29, 0.717) is 6.08 Å². The molecule has 0 aromatic rings. The Hall–Kier alpha value is -2.19. The lowest BCUT2D eigenvalue weighted by Gasteiger charge is -2.26. The number of Topliss-reactive ketones (excluding diaryl/α,β-unsaturated/α-hetero) is 1. The monoisotopic (exact) mass is 365 g/mol. The molecule has 0 aromatic heterocycles. The number of ether oxygens (including phenoxy) is 1. The molecule has 0 aromatic carbocycles. The molecule has 9 heteroatoms. The number of nitrogens with one attached hydrogen (secondary N) is 1. The second-order valence-electron chi connectivity index (χ2n) is 5.72. The van der Waals surface area contributed by atoms with E-state index in [1.165, 1.54) is 6.92 Å². The highest BCUT2D eigenvalue weighted by atomic mass is 19.4. The predicted molar refractivity (Wildman–Crippen MR) is 77.6 cm³/mol. The number of allylic oxidation sites excluding steroid dienone is 4. The molecule has 25 heavy (non-hydrogen) atoms. The van der Waals surface area contributed by atoms with E-state index < -0.39 is 40.9 Å². The van der Waals surface area contributed by atoms with Crippen molar-refractivity contribution in [2.45, 2.75) is 37.7 Å². The fourth-order valence-corrected chi connectivity index (χ4v) is 2.11. The second-order valence-corrected chi connectivity index (χ2v) is 5.72. The van der Waals surface area contributed by atoms with Gasteiger partial charge in [-0.25, -0.2) is 13.6 Å². The zero-order valence-corrected chi connectivity index (χ0v) is 13.2. The fraction of sp³-hybridized carbons (Fsp3) is 0.500. The number of esters is 1. The summed E-state index contributed by atoms with van der Waals surface area (Å²) in [4.78, 5) is 24.3. The molecule has 1 fully saturated rings. The third kappa shape index (κ3) is 4.26. The van der Waals surface area contributed by atoms with Crippen LogP contribution in [0, 0.1) is 5.92 Å². The lowest BCUT2D eigenvalue weighted by molar-refractivity contribution is -0.196. The molecule has 0 spiro atoms. The Morgan fingerprint density at radius 2 is 2.04 bits per heavy atom. The van der Waals surface area contributed by atoms with Crippen molar-refractivity contribution < 1.29 is 36.3 Å². The van der Waals surface area contributed by atoms with Gasteiger partial charge in [-0.2, -0.15) is 13.2 Å². The topological polar surface area (TPSA) is 55.4 Å². The van der Waals surface area contributed by atoms with Crippen LogP contribution in [0.5, 0.6) is 0 Å². The third-order valence-corrected chi connectivity index (χ3v) is 3.69. The molecule has 2 aliphatic carbocycles. The number of ketones is 1. The van der Waals surface area contributed by atoms with Crippen molar-refractivity contribution in [1.29, 1.82) is 0 Å². The number of hydrogen-bond donors (Lipinski definition) is 1. The standard InChI is InChI=1S/C16H16F5NO3/c1-2-25-14(24)11(8-22-9-3-4-9)13(23)10-5-6-15(18,7-12(10)17)16(19,20)21/h5-10,22H,2-4H2,1H3/b11-8+. The van der Waals surface area contributed by atoms with Crippen molar-refractivity contribution in [3.63, 3.8) is 0 Å². The molecule has 0 heterocycles. The first-order valence-corrected chi connectivity index (χ1v) is 7.60. The highest BCUT2D eigenvalue weighted by Gasteiger charge is 2.55. The number of alkyl halides is 4. The number of rotatable bonds is 6. The first-order valence-electron chi connectivity index (χ1n) is 7.60. The van der Waals surface area contributed by atoms with Gasteiger partial charge in [0, 0.05) is 12.2 Å². The van der Waals surface area contributed by atoms with Gasteiger partial charge in [-0.05, 0) is 31.9 Å². The summed E-state index contributed by atoms with van der Waals surface area (Å²) in [5, 5.41) is 2.77. The molecular formula is C16H16F5NO3. The fourth-order valence-electron chi connectivity index (χ4n) is 2.11. The minimum Gasteiger partial charge on any atom is -0.462 e. The van der Waals surface area contributed by atoms with Gasteiger partial charge in [0.05, 0.1) is 12.5 Å². The molecule has 2 aliphatic rings. The van der Waals surface area contributed by atoms with Crippen LogP contribution in [-0.4, -0.2) is 36.2 Å². The molecule has 0 bridgehead atoms. The predicted octanol–water partition coefficient (Wildman–Crippen LogP) is 3.06. The third-order valence-electron chi connectivity index (χ3n) is 3.69. The van der Waals surface area contributed by atoms with Gasteiger partial charge in [0.2, 0.25) is 5.67 Å². The maximum Gasteiger partial charge on any atom is 0.429 e. The maximum absolute atomic E-state index is 14.0. The van der Waals surface area contributed by atoms with Gasteiger partial charge < -0.3 is 10.1 Å². The molecule has 0 saturated heterocycles. The summed E-state index contributed by atoms with van der Waals surface area (Å²) >= 11 is 0. The van der Waals surface area contributed by atoms with Gasteiger partial charge in [-0.3, -0.25) is 4.79 Å². The van der Waals surface area contributed by atoms with E-state index in [1.807, 2.05) is 0 Å². The SMILES string of the molecule is CCOC(=O)/C(=C/NC1CC1)C(=O)C1C=CC(F)(C(F)(F)F)C=C1F. The number of hydrogen-bond acceptors (Lipinski definition) is 4. The van der Waals surface area contributed by atoms with Crippen LogP contribution >= 0.6 is 0 Å². The smallest absolute Gasteiger partial charge is 0.429 e. The molecule has 0 amide bonds. The first-order chi connectivity index (χ1) is 11.6. The van der Waals surface area contributed by atoms with Crippen LogP contribution in [0.25, 0.3) is 0 Å². The van der Waals surface area contributed by atoms with E-state index in [2.05, 4.69) is 5.32 Å². The van der Waals surface area contributed by atoms with E-state index in [0.717, 1.165) is 19.0 Å². The minimum absolute atomic E-state index is 0.0482. The van der Waals surface area contributed by atoms with E-state index in [-0.39, 0.29) is 24.8 Å². The quantitative estimate of drug-likeness (QED) is 0.196. The highest BCUT2D eigenvalue weighted by Crippen LogP contribution is 2.41.